The fourth-order valence-corrected chi connectivity index (χ4v) is 9.91. The third-order valence-electron chi connectivity index (χ3n) is 14.3. The van der Waals surface area contributed by atoms with E-state index in [1.807, 2.05) is 0 Å². The lowest BCUT2D eigenvalue weighted by molar-refractivity contribution is -0.132. The Morgan fingerprint density at radius 2 is 0.277 bits per heavy atom. The predicted molar refractivity (Wildman–Crippen MR) is 287 cm³/mol. The van der Waals surface area contributed by atoms with Crippen molar-refractivity contribution in [3.8, 4) is 0 Å². The average molecular weight is 914 g/mol. The van der Waals surface area contributed by atoms with Gasteiger partial charge in [-0.25, -0.2) is 9.59 Å². The zero-order chi connectivity index (χ0) is 46.9. The Kier molecular flexibility index (Phi) is 57.1. The van der Waals surface area contributed by atoms with Crippen LogP contribution >= 0.6 is 0 Å². The number of aliphatic carboxylic acids is 2. The summed E-state index contributed by atoms with van der Waals surface area (Å²) in [6.07, 6.45) is 83.4. The van der Waals surface area contributed by atoms with E-state index in [-0.39, 0.29) is 0 Å². The van der Waals surface area contributed by atoms with E-state index in [9.17, 15) is 9.59 Å². The van der Waals surface area contributed by atoms with Crippen LogP contribution in [0.2, 0.25) is 0 Å². The number of unbranched alkanes of at least 4 members (excludes halogenated alkanes) is 54. The summed E-state index contributed by atoms with van der Waals surface area (Å²) in [5.41, 5.74) is 0. The van der Waals surface area contributed by atoms with Gasteiger partial charge in [0.2, 0.25) is 0 Å². The average Bonchev–Trinajstić information content (AvgIpc) is 3.29. The molecule has 0 aliphatic carbocycles. The molecule has 0 atom stereocenters. The van der Waals surface area contributed by atoms with Crippen LogP contribution < -0.4 is 0 Å². The lowest BCUT2D eigenvalue weighted by atomic mass is 10.0. The summed E-state index contributed by atoms with van der Waals surface area (Å²) in [5.74, 6) is -1.66. The van der Waals surface area contributed by atoms with Crippen molar-refractivity contribution in [2.24, 2.45) is 0 Å². The lowest BCUT2D eigenvalue weighted by Crippen LogP contribution is -1.86. The number of carboxylic acids is 2. The Balaban J connectivity index is 3.09. The van der Waals surface area contributed by atoms with Gasteiger partial charge < -0.3 is 10.2 Å². The molecular weight excluding hydrogens is 797 g/mol. The number of hydrogen-bond donors (Lipinski definition) is 2. The minimum Gasteiger partial charge on any atom is -0.478 e. The topological polar surface area (TPSA) is 74.6 Å². The molecule has 0 aromatic rings. The molecule has 384 valence electrons. The summed E-state index contributed by atoms with van der Waals surface area (Å²) in [7, 11) is 0. The van der Waals surface area contributed by atoms with Crippen LogP contribution in [0.1, 0.15) is 353 Å². The summed E-state index contributed by atoms with van der Waals surface area (Å²) in [6.45, 7) is 0. The Morgan fingerprint density at radius 1 is 0.185 bits per heavy atom. The summed E-state index contributed by atoms with van der Waals surface area (Å²) in [4.78, 5) is 20.9. The maximum atomic E-state index is 10.4. The smallest absolute Gasteiger partial charge is 0.327 e. The molecule has 0 spiro atoms. The van der Waals surface area contributed by atoms with Crippen molar-refractivity contribution < 1.29 is 19.8 Å². The number of carboxylic acid groups (broad SMARTS) is 2. The molecule has 4 heteroatoms. The third kappa shape index (κ3) is 62.4. The molecule has 65 heavy (non-hydrogen) atoms. The molecule has 2 N–H and O–H groups in total. The molecule has 0 amide bonds. The van der Waals surface area contributed by atoms with E-state index in [1.54, 1.807) is 12.2 Å². The Hall–Kier alpha value is -1.58. The minimum absolute atomic E-state index is 0.829. The van der Waals surface area contributed by atoms with Gasteiger partial charge in [-0.15, -0.1) is 0 Å². The molecule has 0 saturated carbocycles. The molecule has 0 aliphatic heterocycles. The summed E-state index contributed by atoms with van der Waals surface area (Å²) >= 11 is 0. The van der Waals surface area contributed by atoms with Crippen LogP contribution in [0, 0.1) is 0 Å². The van der Waals surface area contributed by atoms with Gasteiger partial charge in [-0.05, 0) is 25.7 Å². The molecule has 0 rings (SSSR count). The summed E-state index contributed by atoms with van der Waals surface area (Å²) in [5, 5.41) is 17.2. The third-order valence-corrected chi connectivity index (χ3v) is 14.3. The van der Waals surface area contributed by atoms with Crippen LogP contribution in [0.3, 0.4) is 0 Å². The zero-order valence-electron chi connectivity index (χ0n) is 43.9. The van der Waals surface area contributed by atoms with Gasteiger partial charge in [0, 0.05) is 12.2 Å². The number of rotatable bonds is 58. The molecule has 0 aromatic heterocycles. The van der Waals surface area contributed by atoms with Crippen molar-refractivity contribution in [1.82, 2.24) is 0 Å². The fraction of sp³-hybridized carbons (Fsp3) is 0.902. The first-order valence-electron chi connectivity index (χ1n) is 29.9. The molecule has 4 nitrogen and oxygen atoms in total. The van der Waals surface area contributed by atoms with E-state index in [1.165, 1.54) is 340 Å². The van der Waals surface area contributed by atoms with Gasteiger partial charge in [-0.3, -0.25) is 0 Å². The van der Waals surface area contributed by atoms with Crippen molar-refractivity contribution in [3.63, 3.8) is 0 Å². The second-order valence-corrected chi connectivity index (χ2v) is 20.8. The van der Waals surface area contributed by atoms with Gasteiger partial charge in [0.25, 0.3) is 0 Å². The van der Waals surface area contributed by atoms with Crippen LogP contribution in [-0.4, -0.2) is 22.2 Å². The second-order valence-electron chi connectivity index (χ2n) is 20.8. The Morgan fingerprint density at radius 3 is 0.369 bits per heavy atom. The first kappa shape index (κ1) is 63.4. The second kappa shape index (κ2) is 58.5. The Bertz CT molecular complexity index is 895. The highest BCUT2D eigenvalue weighted by Gasteiger charge is 2.00. The summed E-state index contributed by atoms with van der Waals surface area (Å²) < 4.78 is 0. The Labute approximate surface area is 407 Å². The van der Waals surface area contributed by atoms with Gasteiger partial charge in [-0.2, -0.15) is 0 Å². The first-order chi connectivity index (χ1) is 32.1. The standard InChI is InChI=1S/C61H116O4/c62-60(63)58-56-54-52-50-48-46-44-42-40-38-36-34-32-30-28-26-24-22-20-18-16-14-12-10-8-6-4-2-1-3-5-7-9-11-13-15-17-19-21-23-25-27-29-31-33-35-37-39-41-43-45-47-49-51-53-55-57-59-61(64)65/h56-59H,1-55H2,(H,62,63)(H,64,65). The number of allylic oxidation sites excluding steroid dienone is 2. The highest BCUT2D eigenvalue weighted by molar-refractivity contribution is 5.79. The van der Waals surface area contributed by atoms with Crippen molar-refractivity contribution in [2.75, 3.05) is 0 Å². The molecule has 0 bridgehead atoms. The van der Waals surface area contributed by atoms with Gasteiger partial charge in [0.05, 0.1) is 0 Å². The van der Waals surface area contributed by atoms with E-state index in [4.69, 9.17) is 10.2 Å². The van der Waals surface area contributed by atoms with E-state index in [0.717, 1.165) is 25.7 Å². The number of hydrogen-bond acceptors (Lipinski definition) is 2. The van der Waals surface area contributed by atoms with Crippen molar-refractivity contribution in [1.29, 1.82) is 0 Å². The van der Waals surface area contributed by atoms with Crippen molar-refractivity contribution in [3.05, 3.63) is 24.3 Å². The van der Waals surface area contributed by atoms with Crippen LogP contribution in [0.5, 0.6) is 0 Å². The van der Waals surface area contributed by atoms with Crippen LogP contribution in [0.25, 0.3) is 0 Å². The molecule has 0 aliphatic rings. The van der Waals surface area contributed by atoms with E-state index in [2.05, 4.69) is 0 Å². The fourth-order valence-electron chi connectivity index (χ4n) is 9.91. The number of carbonyl (C=O) groups is 2. The zero-order valence-corrected chi connectivity index (χ0v) is 43.9. The largest absolute Gasteiger partial charge is 0.478 e. The lowest BCUT2D eigenvalue weighted by Gasteiger charge is -2.05. The normalized spacial score (nSPS) is 11.8. The monoisotopic (exact) mass is 913 g/mol. The molecule has 0 unspecified atom stereocenters. The quantitative estimate of drug-likeness (QED) is 0.0471. The van der Waals surface area contributed by atoms with Crippen molar-refractivity contribution >= 4 is 11.9 Å². The molecule has 0 aromatic carbocycles. The van der Waals surface area contributed by atoms with E-state index < -0.39 is 11.9 Å². The van der Waals surface area contributed by atoms with E-state index >= 15 is 0 Å². The molecule has 0 radical (unpaired) electrons. The SMILES string of the molecule is O=C(O)C=CCCCCCCCCCCCCCCCCCCCCCCCCCCCCCCCCCCCCCCCCCCCCCCCCCCCCCCCC=CC(=O)O. The van der Waals surface area contributed by atoms with Crippen molar-refractivity contribution in [2.45, 2.75) is 353 Å². The summed E-state index contributed by atoms with van der Waals surface area (Å²) in [6, 6.07) is 0. The van der Waals surface area contributed by atoms with Gasteiger partial charge in [-0.1, -0.05) is 340 Å². The molecule has 0 heterocycles. The molecule has 0 fully saturated rings. The first-order valence-corrected chi connectivity index (χ1v) is 29.9. The van der Waals surface area contributed by atoms with Gasteiger partial charge >= 0.3 is 11.9 Å². The minimum atomic E-state index is -0.829. The van der Waals surface area contributed by atoms with E-state index in [0.29, 0.717) is 0 Å². The van der Waals surface area contributed by atoms with Gasteiger partial charge in [0.1, 0.15) is 0 Å². The van der Waals surface area contributed by atoms with Crippen LogP contribution in [0.15, 0.2) is 24.3 Å². The van der Waals surface area contributed by atoms with Crippen LogP contribution in [0.4, 0.5) is 0 Å². The van der Waals surface area contributed by atoms with Gasteiger partial charge in [0.15, 0.2) is 0 Å². The molecule has 0 saturated heterocycles. The maximum Gasteiger partial charge on any atom is 0.327 e. The highest BCUT2D eigenvalue weighted by atomic mass is 16.4. The predicted octanol–water partition coefficient (Wildman–Crippen LogP) is 21.7. The van der Waals surface area contributed by atoms with Crippen LogP contribution in [-0.2, 0) is 9.59 Å². The highest BCUT2D eigenvalue weighted by Crippen LogP contribution is 2.19. The maximum absolute atomic E-state index is 10.4. The molecular formula is C61H116O4.